The third-order valence-electron chi connectivity index (χ3n) is 1.88. The molecule has 2 atom stereocenters. The lowest BCUT2D eigenvalue weighted by Crippen LogP contribution is -2.56. The van der Waals surface area contributed by atoms with Crippen LogP contribution in [-0.4, -0.2) is 29.4 Å². The van der Waals surface area contributed by atoms with Crippen LogP contribution < -0.4 is 5.73 Å². The third kappa shape index (κ3) is 2.54. The largest absolute Gasteiger partial charge is 0.456 e. The Morgan fingerprint density at radius 3 is 1.64 bits per heavy atom. The van der Waals surface area contributed by atoms with E-state index in [9.17, 15) is 22.0 Å². The highest BCUT2D eigenvalue weighted by Crippen LogP contribution is 2.39. The van der Waals surface area contributed by atoms with Crippen LogP contribution >= 0.6 is 0 Å². The van der Waals surface area contributed by atoms with Gasteiger partial charge in [-0.15, -0.1) is 0 Å². The second-order valence-electron chi connectivity index (χ2n) is 3.39. The fourth-order valence-corrected chi connectivity index (χ4v) is 0.774. The first-order valence-corrected chi connectivity index (χ1v) is 3.90. The van der Waals surface area contributed by atoms with Gasteiger partial charge in [0.2, 0.25) is 0 Å². The quantitative estimate of drug-likeness (QED) is 0.710. The third-order valence-corrected chi connectivity index (χ3v) is 1.88. The van der Waals surface area contributed by atoms with Crippen molar-refractivity contribution in [1.29, 1.82) is 0 Å². The summed E-state index contributed by atoms with van der Waals surface area (Å²) in [6, 6.07) is -1.62. The number of aliphatic hydroxyl groups excluding tert-OH is 1. The number of rotatable bonds is 3. The molecule has 86 valence electrons. The van der Waals surface area contributed by atoms with E-state index in [1.165, 1.54) is 13.8 Å². The van der Waals surface area contributed by atoms with E-state index in [0.717, 1.165) is 0 Å². The van der Waals surface area contributed by atoms with Crippen LogP contribution in [-0.2, 0) is 0 Å². The molecule has 0 aliphatic rings. The highest BCUT2D eigenvalue weighted by atomic mass is 19.4. The Hall–Kier alpha value is -0.430. The van der Waals surface area contributed by atoms with Crippen LogP contribution in [0.25, 0.3) is 0 Å². The van der Waals surface area contributed by atoms with Gasteiger partial charge in [0.25, 0.3) is 0 Å². The molecule has 0 radical (unpaired) electrons. The standard InChI is InChI=1S/C7H12F5NO/c1-3(2)4(13)5(14)6(8,9)7(10,11)12/h3-5,14H,13H2,1-2H3. The van der Waals surface area contributed by atoms with Crippen molar-refractivity contribution in [3.63, 3.8) is 0 Å². The predicted octanol–water partition coefficient (Wildman–Crippen LogP) is 1.53. The minimum atomic E-state index is -5.78. The zero-order valence-electron chi connectivity index (χ0n) is 7.65. The maximum atomic E-state index is 12.5. The fourth-order valence-electron chi connectivity index (χ4n) is 0.774. The second-order valence-corrected chi connectivity index (χ2v) is 3.39. The summed E-state index contributed by atoms with van der Waals surface area (Å²) in [4.78, 5) is 0. The van der Waals surface area contributed by atoms with Crippen LogP contribution in [0.4, 0.5) is 22.0 Å². The summed E-state index contributed by atoms with van der Waals surface area (Å²) in [6.45, 7) is 2.70. The normalized spacial score (nSPS) is 18.4. The molecule has 14 heavy (non-hydrogen) atoms. The van der Waals surface area contributed by atoms with Crippen molar-refractivity contribution in [3.05, 3.63) is 0 Å². The monoisotopic (exact) mass is 221 g/mol. The zero-order valence-corrected chi connectivity index (χ0v) is 7.65. The van der Waals surface area contributed by atoms with Gasteiger partial charge in [0.1, 0.15) is 6.10 Å². The first kappa shape index (κ1) is 13.6. The maximum absolute atomic E-state index is 12.5. The summed E-state index contributed by atoms with van der Waals surface area (Å²) in [5.41, 5.74) is 5.01. The van der Waals surface area contributed by atoms with Gasteiger partial charge in [-0.1, -0.05) is 13.8 Å². The lowest BCUT2D eigenvalue weighted by molar-refractivity contribution is -0.316. The van der Waals surface area contributed by atoms with Crippen molar-refractivity contribution in [2.75, 3.05) is 0 Å². The van der Waals surface area contributed by atoms with E-state index >= 15 is 0 Å². The van der Waals surface area contributed by atoms with E-state index in [1.54, 1.807) is 0 Å². The Morgan fingerprint density at radius 2 is 1.43 bits per heavy atom. The van der Waals surface area contributed by atoms with Gasteiger partial charge >= 0.3 is 12.1 Å². The molecule has 2 nitrogen and oxygen atoms in total. The number of hydrogen-bond acceptors (Lipinski definition) is 2. The Labute approximate surface area is 77.9 Å². The molecule has 0 saturated carbocycles. The Bertz CT molecular complexity index is 191. The molecule has 0 aromatic heterocycles. The van der Waals surface area contributed by atoms with Crippen molar-refractivity contribution >= 4 is 0 Å². The Kier molecular flexibility index (Phi) is 3.85. The van der Waals surface area contributed by atoms with Crippen LogP contribution in [0.5, 0.6) is 0 Å². The van der Waals surface area contributed by atoms with Crippen LogP contribution in [0, 0.1) is 5.92 Å². The smallest absolute Gasteiger partial charge is 0.385 e. The van der Waals surface area contributed by atoms with Crippen LogP contribution in [0.3, 0.4) is 0 Å². The molecule has 0 aliphatic carbocycles. The molecule has 0 saturated heterocycles. The summed E-state index contributed by atoms with van der Waals surface area (Å²) in [5, 5.41) is 8.76. The summed E-state index contributed by atoms with van der Waals surface area (Å²) in [6.07, 6.45) is -8.69. The average molecular weight is 221 g/mol. The molecule has 0 fully saturated rings. The molecule has 0 aromatic carbocycles. The molecule has 0 aromatic rings. The van der Waals surface area contributed by atoms with Gasteiger partial charge in [-0.3, -0.25) is 0 Å². The minimum Gasteiger partial charge on any atom is -0.385 e. The molecule has 7 heteroatoms. The van der Waals surface area contributed by atoms with Gasteiger partial charge in [-0.2, -0.15) is 22.0 Å². The predicted molar refractivity (Wildman–Crippen MR) is 39.8 cm³/mol. The van der Waals surface area contributed by atoms with Crippen LogP contribution in [0.2, 0.25) is 0 Å². The van der Waals surface area contributed by atoms with Crippen molar-refractivity contribution in [2.45, 2.75) is 38.1 Å². The van der Waals surface area contributed by atoms with Gasteiger partial charge < -0.3 is 10.8 Å². The number of hydrogen-bond donors (Lipinski definition) is 2. The lowest BCUT2D eigenvalue weighted by Gasteiger charge is -2.30. The van der Waals surface area contributed by atoms with E-state index in [1.807, 2.05) is 0 Å². The van der Waals surface area contributed by atoms with E-state index in [4.69, 9.17) is 10.8 Å². The lowest BCUT2D eigenvalue weighted by atomic mass is 9.95. The zero-order chi connectivity index (χ0) is 11.7. The van der Waals surface area contributed by atoms with E-state index in [-0.39, 0.29) is 0 Å². The summed E-state index contributed by atoms with van der Waals surface area (Å²) >= 11 is 0. The molecule has 0 rings (SSSR count). The molecule has 0 amide bonds. The highest BCUT2D eigenvalue weighted by Gasteiger charge is 2.63. The van der Waals surface area contributed by atoms with Crippen molar-refractivity contribution < 1.29 is 27.1 Å². The molecule has 0 spiro atoms. The summed E-state index contributed by atoms with van der Waals surface area (Å²) in [7, 11) is 0. The van der Waals surface area contributed by atoms with Crippen LogP contribution in [0.15, 0.2) is 0 Å². The Balaban J connectivity index is 4.75. The molecule has 0 aliphatic heterocycles. The SMILES string of the molecule is CC(C)C(N)C(O)C(F)(F)C(F)(F)F. The summed E-state index contributed by atoms with van der Waals surface area (Å²) < 4.78 is 60.2. The molecule has 3 N–H and O–H groups in total. The van der Waals surface area contributed by atoms with Crippen molar-refractivity contribution in [2.24, 2.45) is 11.7 Å². The summed E-state index contributed by atoms with van der Waals surface area (Å²) in [5.74, 6) is -5.84. The highest BCUT2D eigenvalue weighted by molar-refractivity contribution is 4.91. The van der Waals surface area contributed by atoms with Gasteiger partial charge in [-0.05, 0) is 5.92 Å². The number of halogens is 5. The molecular weight excluding hydrogens is 209 g/mol. The van der Waals surface area contributed by atoms with Gasteiger partial charge in [0.15, 0.2) is 0 Å². The van der Waals surface area contributed by atoms with E-state index < -0.39 is 30.2 Å². The second kappa shape index (κ2) is 3.98. The van der Waals surface area contributed by atoms with E-state index in [2.05, 4.69) is 0 Å². The van der Waals surface area contributed by atoms with E-state index in [0.29, 0.717) is 0 Å². The van der Waals surface area contributed by atoms with Crippen molar-refractivity contribution in [1.82, 2.24) is 0 Å². The maximum Gasteiger partial charge on any atom is 0.456 e. The number of nitrogens with two attached hydrogens (primary N) is 1. The van der Waals surface area contributed by atoms with Crippen molar-refractivity contribution in [3.8, 4) is 0 Å². The van der Waals surface area contributed by atoms with Gasteiger partial charge in [0.05, 0.1) is 0 Å². The number of alkyl halides is 5. The molecular formula is C7H12F5NO. The molecule has 0 bridgehead atoms. The Morgan fingerprint density at radius 1 is 1.07 bits per heavy atom. The molecule has 0 heterocycles. The number of aliphatic hydroxyl groups is 1. The first-order chi connectivity index (χ1) is 6.01. The minimum absolute atomic E-state index is 0.668. The first-order valence-electron chi connectivity index (χ1n) is 3.90. The average Bonchev–Trinajstić information content (AvgIpc) is 1.99. The fraction of sp³-hybridized carbons (Fsp3) is 1.00. The van der Waals surface area contributed by atoms with Gasteiger partial charge in [0, 0.05) is 6.04 Å². The topological polar surface area (TPSA) is 46.2 Å². The van der Waals surface area contributed by atoms with Gasteiger partial charge in [-0.25, -0.2) is 0 Å². The van der Waals surface area contributed by atoms with Crippen LogP contribution in [0.1, 0.15) is 13.8 Å². The molecule has 2 unspecified atom stereocenters.